The Morgan fingerprint density at radius 1 is 1.36 bits per heavy atom. The largest absolute Gasteiger partial charge is 0.426 e. The zero-order valence-corrected chi connectivity index (χ0v) is 8.90. The fraction of sp³-hybridized carbons (Fsp3) is 0. The van der Waals surface area contributed by atoms with Gasteiger partial charge in [-0.1, -0.05) is 6.07 Å². The SMILES string of the molecule is O=S(=O)(Cl)c1cccc2nc(Cl)oc12. The molecular formula is C7H3Cl2NO3S. The van der Waals surface area contributed by atoms with Gasteiger partial charge in [-0.3, -0.25) is 0 Å². The van der Waals surface area contributed by atoms with E-state index in [1.807, 2.05) is 0 Å². The molecule has 0 aliphatic rings. The predicted octanol–water partition coefficient (Wildman–Crippen LogP) is 2.41. The molecule has 0 fully saturated rings. The van der Waals surface area contributed by atoms with E-state index >= 15 is 0 Å². The van der Waals surface area contributed by atoms with Gasteiger partial charge in [0.05, 0.1) is 0 Å². The first-order chi connectivity index (χ1) is 6.48. The smallest absolute Gasteiger partial charge is 0.293 e. The summed E-state index contributed by atoms with van der Waals surface area (Å²) in [6, 6.07) is 4.42. The zero-order valence-electron chi connectivity index (χ0n) is 6.57. The molecule has 0 saturated carbocycles. The number of halogens is 2. The fourth-order valence-electron chi connectivity index (χ4n) is 1.09. The zero-order chi connectivity index (χ0) is 10.3. The molecule has 0 bridgehead atoms. The van der Waals surface area contributed by atoms with Crippen molar-refractivity contribution < 1.29 is 12.8 Å². The van der Waals surface area contributed by atoms with Gasteiger partial charge < -0.3 is 4.42 Å². The highest BCUT2D eigenvalue weighted by atomic mass is 35.7. The van der Waals surface area contributed by atoms with Gasteiger partial charge in [0.2, 0.25) is 0 Å². The standard InChI is InChI=1S/C7H3Cl2NO3S/c8-7-10-4-2-1-3-5(6(4)13-7)14(9,11)12/h1-3H. The highest BCUT2D eigenvalue weighted by Crippen LogP contribution is 2.27. The summed E-state index contributed by atoms with van der Waals surface area (Å²) in [5.41, 5.74) is 0.434. The van der Waals surface area contributed by atoms with Crippen molar-refractivity contribution in [3.8, 4) is 0 Å². The molecule has 0 amide bonds. The monoisotopic (exact) mass is 251 g/mol. The molecule has 1 aromatic heterocycles. The van der Waals surface area contributed by atoms with Crippen LogP contribution in [0.2, 0.25) is 5.35 Å². The molecular weight excluding hydrogens is 249 g/mol. The van der Waals surface area contributed by atoms with Crippen LogP contribution in [0.15, 0.2) is 27.5 Å². The van der Waals surface area contributed by atoms with E-state index in [1.165, 1.54) is 12.1 Å². The van der Waals surface area contributed by atoms with Crippen LogP contribution in [0.25, 0.3) is 11.1 Å². The lowest BCUT2D eigenvalue weighted by atomic mass is 10.3. The first-order valence-corrected chi connectivity index (χ1v) is 6.17. The molecule has 14 heavy (non-hydrogen) atoms. The molecule has 0 saturated heterocycles. The third-order valence-corrected chi connectivity index (χ3v) is 3.12. The van der Waals surface area contributed by atoms with Gasteiger partial charge >= 0.3 is 0 Å². The maximum absolute atomic E-state index is 11.1. The quantitative estimate of drug-likeness (QED) is 0.731. The maximum atomic E-state index is 11.1. The lowest BCUT2D eigenvalue weighted by molar-refractivity contribution is 0.587. The minimum Gasteiger partial charge on any atom is -0.426 e. The second-order valence-corrected chi connectivity index (χ2v) is 5.37. The summed E-state index contributed by atoms with van der Waals surface area (Å²) in [6.45, 7) is 0. The van der Waals surface area contributed by atoms with Gasteiger partial charge in [-0.15, -0.1) is 0 Å². The Hall–Kier alpha value is -0.780. The lowest BCUT2D eigenvalue weighted by Gasteiger charge is -1.94. The average molecular weight is 252 g/mol. The number of hydrogen-bond acceptors (Lipinski definition) is 4. The van der Waals surface area contributed by atoms with E-state index < -0.39 is 9.05 Å². The molecule has 0 radical (unpaired) electrons. The van der Waals surface area contributed by atoms with Crippen molar-refractivity contribution in [1.82, 2.24) is 4.98 Å². The summed E-state index contributed by atoms with van der Waals surface area (Å²) in [6.07, 6.45) is 0. The molecule has 0 unspecified atom stereocenters. The third kappa shape index (κ3) is 1.58. The van der Waals surface area contributed by atoms with E-state index in [2.05, 4.69) is 4.98 Å². The second kappa shape index (κ2) is 3.12. The van der Waals surface area contributed by atoms with Crippen molar-refractivity contribution in [2.45, 2.75) is 4.90 Å². The van der Waals surface area contributed by atoms with Crippen molar-refractivity contribution in [1.29, 1.82) is 0 Å². The first kappa shape index (κ1) is 9.76. The number of nitrogens with zero attached hydrogens (tertiary/aromatic N) is 1. The molecule has 0 N–H and O–H groups in total. The number of hydrogen-bond donors (Lipinski definition) is 0. The molecule has 1 aromatic carbocycles. The maximum Gasteiger partial charge on any atom is 0.293 e. The normalized spacial score (nSPS) is 12.1. The van der Waals surface area contributed by atoms with Crippen molar-refractivity contribution >= 4 is 42.4 Å². The minimum atomic E-state index is -3.84. The van der Waals surface area contributed by atoms with Gasteiger partial charge in [-0.2, -0.15) is 4.98 Å². The predicted molar refractivity (Wildman–Crippen MR) is 52.1 cm³/mol. The Morgan fingerprint density at radius 2 is 2.07 bits per heavy atom. The number of oxazole rings is 1. The van der Waals surface area contributed by atoms with Crippen LogP contribution in [0.3, 0.4) is 0 Å². The molecule has 1 heterocycles. The van der Waals surface area contributed by atoms with Crippen LogP contribution in [0, 0.1) is 0 Å². The molecule has 7 heteroatoms. The summed E-state index contributed by atoms with van der Waals surface area (Å²) in [4.78, 5) is 3.63. The highest BCUT2D eigenvalue weighted by molar-refractivity contribution is 8.13. The Kier molecular flexibility index (Phi) is 2.17. The summed E-state index contributed by atoms with van der Waals surface area (Å²) >= 11 is 5.49. The van der Waals surface area contributed by atoms with Crippen LogP contribution in [0.1, 0.15) is 0 Å². The van der Waals surface area contributed by atoms with Gasteiger partial charge in [0.25, 0.3) is 14.4 Å². The number of para-hydroxylation sites is 1. The molecule has 0 aliphatic heterocycles. The van der Waals surface area contributed by atoms with E-state index in [0.717, 1.165) is 0 Å². The highest BCUT2D eigenvalue weighted by Gasteiger charge is 2.18. The summed E-state index contributed by atoms with van der Waals surface area (Å²) < 4.78 is 27.1. The van der Waals surface area contributed by atoms with Crippen LogP contribution in [-0.2, 0) is 9.05 Å². The topological polar surface area (TPSA) is 60.2 Å². The van der Waals surface area contributed by atoms with Gasteiger partial charge in [-0.25, -0.2) is 8.42 Å². The van der Waals surface area contributed by atoms with Crippen LogP contribution in [0.5, 0.6) is 0 Å². The van der Waals surface area contributed by atoms with Crippen LogP contribution in [-0.4, -0.2) is 13.4 Å². The van der Waals surface area contributed by atoms with E-state index in [-0.39, 0.29) is 15.8 Å². The van der Waals surface area contributed by atoms with Crippen LogP contribution >= 0.6 is 22.3 Å². The second-order valence-electron chi connectivity index (χ2n) is 2.51. The van der Waals surface area contributed by atoms with Crippen molar-refractivity contribution in [2.75, 3.05) is 0 Å². The fourth-order valence-corrected chi connectivity index (χ4v) is 2.23. The minimum absolute atomic E-state index is 0.0764. The van der Waals surface area contributed by atoms with E-state index in [0.29, 0.717) is 5.52 Å². The number of rotatable bonds is 1. The number of aromatic nitrogens is 1. The molecule has 74 valence electrons. The molecule has 0 atom stereocenters. The average Bonchev–Trinajstić information content (AvgIpc) is 2.41. The first-order valence-electron chi connectivity index (χ1n) is 3.48. The third-order valence-electron chi connectivity index (χ3n) is 1.62. The summed E-state index contributed by atoms with van der Waals surface area (Å²) in [5.74, 6) is 0. The molecule has 2 rings (SSSR count). The lowest BCUT2D eigenvalue weighted by Crippen LogP contribution is -1.90. The Morgan fingerprint density at radius 3 is 2.71 bits per heavy atom. The molecule has 2 aromatic rings. The van der Waals surface area contributed by atoms with E-state index in [1.54, 1.807) is 6.07 Å². The summed E-state index contributed by atoms with van der Waals surface area (Å²) in [5, 5.41) is -0.118. The van der Waals surface area contributed by atoms with Crippen molar-refractivity contribution in [3.63, 3.8) is 0 Å². The van der Waals surface area contributed by atoms with Gasteiger partial charge in [0.15, 0.2) is 5.58 Å². The molecule has 0 spiro atoms. The van der Waals surface area contributed by atoms with Gasteiger partial charge in [0, 0.05) is 10.7 Å². The Balaban J connectivity index is 2.90. The van der Waals surface area contributed by atoms with Crippen LogP contribution < -0.4 is 0 Å². The summed E-state index contributed by atoms with van der Waals surface area (Å²) in [7, 11) is 1.35. The number of benzene rings is 1. The van der Waals surface area contributed by atoms with Gasteiger partial charge in [-0.05, 0) is 23.7 Å². The van der Waals surface area contributed by atoms with Crippen molar-refractivity contribution in [3.05, 3.63) is 23.5 Å². The Bertz CT molecular complexity index is 590. The van der Waals surface area contributed by atoms with E-state index in [4.69, 9.17) is 26.7 Å². The van der Waals surface area contributed by atoms with E-state index in [9.17, 15) is 8.42 Å². The molecule has 4 nitrogen and oxygen atoms in total. The van der Waals surface area contributed by atoms with Crippen molar-refractivity contribution in [2.24, 2.45) is 0 Å². The number of fused-ring (bicyclic) bond motifs is 1. The Labute approximate surface area is 88.9 Å². The van der Waals surface area contributed by atoms with Crippen LogP contribution in [0.4, 0.5) is 0 Å². The van der Waals surface area contributed by atoms with Gasteiger partial charge in [0.1, 0.15) is 10.4 Å². The molecule has 0 aliphatic carbocycles.